The van der Waals surface area contributed by atoms with Crippen LogP contribution >= 0.6 is 34.8 Å². The predicted molar refractivity (Wildman–Crippen MR) is 114 cm³/mol. The smallest absolute Gasteiger partial charge is 0.433 e. The molecule has 13 heteroatoms. The number of hydrogen-bond donors (Lipinski definition) is 0. The maximum absolute atomic E-state index is 12.4. The van der Waals surface area contributed by atoms with E-state index in [1.807, 2.05) is 0 Å². The molecule has 0 unspecified atom stereocenters. The molecule has 0 amide bonds. The van der Waals surface area contributed by atoms with Crippen LogP contribution < -0.4 is 0 Å². The quantitative estimate of drug-likeness (QED) is 0.318. The summed E-state index contributed by atoms with van der Waals surface area (Å²) in [6.07, 6.45) is -0.991. The third-order valence-corrected chi connectivity index (χ3v) is 4.67. The molecule has 3 aromatic heterocycles. The number of methoxy groups -OCH3 is 2. The van der Waals surface area contributed by atoms with E-state index in [-0.39, 0.29) is 26.3 Å². The van der Waals surface area contributed by atoms with Crippen LogP contribution in [0.3, 0.4) is 0 Å². The van der Waals surface area contributed by atoms with Crippen LogP contribution in [0.5, 0.6) is 0 Å². The molecule has 3 heterocycles. The number of hydrogen-bond acceptors (Lipinski definition) is 7. The number of halogens is 6. The van der Waals surface area contributed by atoms with Gasteiger partial charge in [0.25, 0.3) is 0 Å². The largest absolute Gasteiger partial charge is 0.465 e. The van der Waals surface area contributed by atoms with Gasteiger partial charge in [-0.05, 0) is 24.3 Å². The molecular weight excluding hydrogens is 510 g/mol. The first kappa shape index (κ1) is 26.3. The van der Waals surface area contributed by atoms with Crippen molar-refractivity contribution in [3.05, 3.63) is 74.9 Å². The molecule has 7 nitrogen and oxygen atoms in total. The Bertz CT molecular complexity index is 1160. The standard InChI is InChI=1S/C13H8ClF3N2O2.C7H5Cl2NO2/c1-21-12(20)8-6-18-10(4-9(8)14)7-2-3-11(19-5-7)13(15,16)17;1-12-7(11)4-3-10-6(9)2-5(4)8/h2-6H,1H3;2-3H,1H3. The van der Waals surface area contributed by atoms with Gasteiger partial charge in [0.1, 0.15) is 10.8 Å². The molecule has 174 valence electrons. The summed E-state index contributed by atoms with van der Waals surface area (Å²) in [5.41, 5.74) is -0.0647. The molecule has 0 saturated carbocycles. The van der Waals surface area contributed by atoms with E-state index in [4.69, 9.17) is 34.8 Å². The van der Waals surface area contributed by atoms with Gasteiger partial charge in [-0.25, -0.2) is 14.6 Å². The Balaban J connectivity index is 0.000000273. The Morgan fingerprint density at radius 2 is 1.36 bits per heavy atom. The number of rotatable bonds is 3. The summed E-state index contributed by atoms with van der Waals surface area (Å²) >= 11 is 17.1. The van der Waals surface area contributed by atoms with Crippen LogP contribution in [0.1, 0.15) is 26.4 Å². The SMILES string of the molecule is COC(=O)c1cnc(-c2ccc(C(F)(F)F)nc2)cc1Cl.COC(=O)c1cnc(Cl)cc1Cl. The van der Waals surface area contributed by atoms with Gasteiger partial charge in [0.15, 0.2) is 0 Å². The Morgan fingerprint density at radius 3 is 1.79 bits per heavy atom. The molecule has 0 aliphatic rings. The van der Waals surface area contributed by atoms with Gasteiger partial charge < -0.3 is 9.47 Å². The lowest BCUT2D eigenvalue weighted by atomic mass is 10.1. The number of carbonyl (C=O) groups is 2. The second-order valence-corrected chi connectivity index (χ2v) is 7.15. The number of nitrogens with zero attached hydrogens (tertiary/aromatic N) is 3. The molecule has 0 atom stereocenters. The average Bonchev–Trinajstić information content (AvgIpc) is 2.78. The first-order valence-corrected chi connectivity index (χ1v) is 9.78. The van der Waals surface area contributed by atoms with Crippen LogP contribution in [0.4, 0.5) is 13.2 Å². The van der Waals surface area contributed by atoms with Crippen molar-refractivity contribution in [1.29, 1.82) is 0 Å². The lowest BCUT2D eigenvalue weighted by Crippen LogP contribution is -2.07. The number of esters is 2. The zero-order chi connectivity index (χ0) is 24.8. The summed E-state index contributed by atoms with van der Waals surface area (Å²) in [7, 11) is 2.47. The fourth-order valence-corrected chi connectivity index (χ4v) is 2.90. The Labute approximate surface area is 200 Å². The third kappa shape index (κ3) is 7.01. The highest BCUT2D eigenvalue weighted by atomic mass is 35.5. The van der Waals surface area contributed by atoms with Crippen molar-refractivity contribution in [2.75, 3.05) is 14.2 Å². The molecule has 0 fully saturated rings. The molecule has 0 radical (unpaired) electrons. The maximum atomic E-state index is 12.4. The van der Waals surface area contributed by atoms with Crippen LogP contribution in [0.25, 0.3) is 11.3 Å². The number of aromatic nitrogens is 3. The van der Waals surface area contributed by atoms with E-state index in [9.17, 15) is 22.8 Å². The molecule has 0 aliphatic heterocycles. The normalized spacial score (nSPS) is 10.7. The van der Waals surface area contributed by atoms with E-state index in [0.29, 0.717) is 11.3 Å². The van der Waals surface area contributed by atoms with E-state index in [1.54, 1.807) is 0 Å². The summed E-state index contributed by atoms with van der Waals surface area (Å²) in [5.74, 6) is -1.17. The van der Waals surface area contributed by atoms with E-state index < -0.39 is 23.8 Å². The highest BCUT2D eigenvalue weighted by Gasteiger charge is 2.32. The molecule has 0 aromatic carbocycles. The minimum absolute atomic E-state index is 0.0720. The Hall–Kier alpha value is -2.95. The number of alkyl halides is 3. The van der Waals surface area contributed by atoms with Crippen LogP contribution in [-0.4, -0.2) is 41.1 Å². The molecule has 0 saturated heterocycles. The summed E-state index contributed by atoms with van der Waals surface area (Å²) < 4.78 is 46.2. The lowest BCUT2D eigenvalue weighted by Gasteiger charge is -2.07. The van der Waals surface area contributed by atoms with E-state index in [2.05, 4.69) is 24.4 Å². The van der Waals surface area contributed by atoms with Crippen molar-refractivity contribution in [2.45, 2.75) is 6.18 Å². The number of carbonyl (C=O) groups excluding carboxylic acids is 2. The predicted octanol–water partition coefficient (Wildman–Crippen LogP) is 5.78. The topological polar surface area (TPSA) is 91.3 Å². The lowest BCUT2D eigenvalue weighted by molar-refractivity contribution is -0.141. The minimum atomic E-state index is -4.50. The van der Waals surface area contributed by atoms with Crippen molar-refractivity contribution >= 4 is 46.7 Å². The molecular formula is C20H13Cl3F3N3O4. The molecule has 0 N–H and O–H groups in total. The van der Waals surface area contributed by atoms with Gasteiger partial charge in [-0.15, -0.1) is 0 Å². The first-order chi connectivity index (χ1) is 15.5. The van der Waals surface area contributed by atoms with Gasteiger partial charge in [0.2, 0.25) is 0 Å². The number of ether oxygens (including phenoxy) is 2. The number of pyridine rings is 3. The van der Waals surface area contributed by atoms with Gasteiger partial charge >= 0.3 is 18.1 Å². The molecule has 0 bridgehead atoms. The summed E-state index contributed by atoms with van der Waals surface area (Å²) in [4.78, 5) is 33.3. The zero-order valence-electron chi connectivity index (χ0n) is 16.8. The van der Waals surface area contributed by atoms with Crippen LogP contribution in [0.2, 0.25) is 15.2 Å². The van der Waals surface area contributed by atoms with Crippen molar-refractivity contribution < 1.29 is 32.2 Å². The van der Waals surface area contributed by atoms with Crippen molar-refractivity contribution in [3.8, 4) is 11.3 Å². The van der Waals surface area contributed by atoms with E-state index in [1.165, 1.54) is 44.8 Å². The van der Waals surface area contributed by atoms with Gasteiger partial charge in [0, 0.05) is 24.2 Å². The van der Waals surface area contributed by atoms with Crippen LogP contribution in [-0.2, 0) is 15.7 Å². The second kappa shape index (κ2) is 11.3. The minimum Gasteiger partial charge on any atom is -0.465 e. The van der Waals surface area contributed by atoms with Gasteiger partial charge in [-0.3, -0.25) is 9.97 Å². The van der Waals surface area contributed by atoms with E-state index in [0.717, 1.165) is 12.3 Å². The van der Waals surface area contributed by atoms with Crippen LogP contribution in [0, 0.1) is 0 Å². The Morgan fingerprint density at radius 1 is 0.818 bits per heavy atom. The second-order valence-electron chi connectivity index (χ2n) is 5.95. The Kier molecular flexibility index (Phi) is 8.98. The van der Waals surface area contributed by atoms with Crippen LogP contribution in [0.15, 0.2) is 42.9 Å². The average molecular weight is 523 g/mol. The summed E-state index contributed by atoms with van der Waals surface area (Å²) in [6, 6.07) is 4.82. The molecule has 0 aliphatic carbocycles. The monoisotopic (exact) mass is 521 g/mol. The van der Waals surface area contributed by atoms with Gasteiger partial charge in [-0.2, -0.15) is 13.2 Å². The fraction of sp³-hybridized carbons (Fsp3) is 0.150. The highest BCUT2D eigenvalue weighted by Crippen LogP contribution is 2.29. The van der Waals surface area contributed by atoms with Crippen molar-refractivity contribution in [3.63, 3.8) is 0 Å². The molecule has 3 aromatic rings. The molecule has 0 spiro atoms. The van der Waals surface area contributed by atoms with Gasteiger partial charge in [0.05, 0.1) is 41.1 Å². The van der Waals surface area contributed by atoms with Crippen molar-refractivity contribution in [2.24, 2.45) is 0 Å². The summed E-state index contributed by atoms with van der Waals surface area (Å²) in [6.45, 7) is 0. The zero-order valence-corrected chi connectivity index (χ0v) is 19.1. The van der Waals surface area contributed by atoms with Gasteiger partial charge in [-0.1, -0.05) is 34.8 Å². The first-order valence-electron chi connectivity index (χ1n) is 8.64. The highest BCUT2D eigenvalue weighted by molar-refractivity contribution is 6.36. The maximum Gasteiger partial charge on any atom is 0.433 e. The van der Waals surface area contributed by atoms with Crippen molar-refractivity contribution in [1.82, 2.24) is 15.0 Å². The summed E-state index contributed by atoms with van der Waals surface area (Å²) in [5, 5.41) is 0.571. The third-order valence-electron chi connectivity index (χ3n) is 3.83. The fourth-order valence-electron chi connectivity index (χ4n) is 2.23. The molecule has 33 heavy (non-hydrogen) atoms. The molecule has 3 rings (SSSR count). The van der Waals surface area contributed by atoms with E-state index >= 15 is 0 Å².